The molecule has 0 heterocycles. The lowest BCUT2D eigenvalue weighted by atomic mass is 9.80. The molecule has 0 saturated heterocycles. The van der Waals surface area contributed by atoms with Gasteiger partial charge in [0, 0.05) is 22.2 Å². The van der Waals surface area contributed by atoms with Crippen LogP contribution in [0.5, 0.6) is 0 Å². The van der Waals surface area contributed by atoms with Crippen LogP contribution in [0.3, 0.4) is 0 Å². The minimum atomic E-state index is -0.0740. The van der Waals surface area contributed by atoms with Crippen LogP contribution in [0, 0.1) is 0 Å². The summed E-state index contributed by atoms with van der Waals surface area (Å²) in [6.07, 6.45) is 6.82. The molecule has 0 unspecified atom stereocenters. The lowest BCUT2D eigenvalue weighted by Crippen LogP contribution is -2.15. The van der Waals surface area contributed by atoms with Gasteiger partial charge in [0.05, 0.1) is 0 Å². The van der Waals surface area contributed by atoms with Crippen molar-refractivity contribution in [3.63, 3.8) is 0 Å². The van der Waals surface area contributed by atoms with E-state index in [1.807, 2.05) is 0 Å². The number of anilines is 2. The number of rotatable bonds is 4. The van der Waals surface area contributed by atoms with Crippen molar-refractivity contribution in [2.24, 2.45) is 0 Å². The molecular formula is C42H41N. The van der Waals surface area contributed by atoms with Gasteiger partial charge in [0.25, 0.3) is 0 Å². The Balaban J connectivity index is 1.15. The van der Waals surface area contributed by atoms with Crippen LogP contribution < -0.4 is 5.32 Å². The van der Waals surface area contributed by atoms with Gasteiger partial charge in [-0.05, 0) is 110 Å². The van der Waals surface area contributed by atoms with Crippen LogP contribution in [0.2, 0.25) is 0 Å². The molecule has 1 saturated carbocycles. The molecule has 8 rings (SSSR count). The van der Waals surface area contributed by atoms with E-state index in [2.05, 4.69) is 136 Å². The Bertz CT molecular complexity index is 1860. The van der Waals surface area contributed by atoms with Gasteiger partial charge >= 0.3 is 0 Å². The van der Waals surface area contributed by atoms with Gasteiger partial charge in [0.15, 0.2) is 0 Å². The summed E-state index contributed by atoms with van der Waals surface area (Å²) in [5.41, 5.74) is 17.5. The quantitative estimate of drug-likeness (QED) is 0.231. The van der Waals surface area contributed by atoms with Crippen molar-refractivity contribution in [2.75, 3.05) is 5.32 Å². The first kappa shape index (κ1) is 26.5. The number of fused-ring (bicyclic) bond motifs is 6. The van der Waals surface area contributed by atoms with Crippen molar-refractivity contribution >= 4 is 11.4 Å². The highest BCUT2D eigenvalue weighted by Gasteiger charge is 2.38. The molecule has 5 aromatic rings. The van der Waals surface area contributed by atoms with Crippen molar-refractivity contribution < 1.29 is 0 Å². The topological polar surface area (TPSA) is 12.0 Å². The maximum Gasteiger partial charge on any atom is 0.0387 e. The molecule has 3 aliphatic rings. The van der Waals surface area contributed by atoms with Crippen LogP contribution in [-0.4, -0.2) is 0 Å². The average molecular weight is 560 g/mol. The van der Waals surface area contributed by atoms with Gasteiger partial charge in [-0.3, -0.25) is 0 Å². The molecule has 0 aromatic heterocycles. The third kappa shape index (κ3) is 4.12. The van der Waals surface area contributed by atoms with E-state index in [0.717, 1.165) is 17.3 Å². The Morgan fingerprint density at radius 2 is 1.14 bits per heavy atom. The number of nitrogens with one attached hydrogen (secondary N) is 1. The van der Waals surface area contributed by atoms with Crippen molar-refractivity contribution in [2.45, 2.75) is 76.5 Å². The highest BCUT2D eigenvalue weighted by molar-refractivity contribution is 5.94. The fraction of sp³-hybridized carbons (Fsp3) is 0.286. The Hall–Kier alpha value is -4.10. The van der Waals surface area contributed by atoms with Gasteiger partial charge in [0.2, 0.25) is 0 Å². The third-order valence-corrected chi connectivity index (χ3v) is 10.9. The van der Waals surface area contributed by atoms with Crippen LogP contribution in [-0.2, 0) is 10.8 Å². The molecule has 3 aliphatic carbocycles. The predicted octanol–water partition coefficient (Wildman–Crippen LogP) is 11.8. The molecular weight excluding hydrogens is 518 g/mol. The van der Waals surface area contributed by atoms with Gasteiger partial charge in [-0.25, -0.2) is 0 Å². The van der Waals surface area contributed by atoms with Crippen LogP contribution in [0.1, 0.15) is 93.5 Å². The van der Waals surface area contributed by atoms with E-state index in [9.17, 15) is 0 Å². The summed E-state index contributed by atoms with van der Waals surface area (Å²) >= 11 is 0. The first-order valence-electron chi connectivity index (χ1n) is 16.2. The minimum Gasteiger partial charge on any atom is -0.356 e. The number of hydrogen-bond acceptors (Lipinski definition) is 1. The maximum atomic E-state index is 3.72. The normalized spacial score (nSPS) is 17.6. The van der Waals surface area contributed by atoms with Crippen LogP contribution in [0.4, 0.5) is 11.4 Å². The molecule has 0 amide bonds. The second kappa shape index (κ2) is 9.71. The summed E-state index contributed by atoms with van der Waals surface area (Å²) in [5.74, 6) is 0.739. The van der Waals surface area contributed by atoms with E-state index in [1.165, 1.54) is 93.3 Å². The first-order chi connectivity index (χ1) is 20.8. The van der Waals surface area contributed by atoms with E-state index in [1.54, 1.807) is 0 Å². The maximum absolute atomic E-state index is 3.72. The Kier molecular flexibility index (Phi) is 5.99. The second-order valence-electron chi connectivity index (χ2n) is 14.1. The van der Waals surface area contributed by atoms with Gasteiger partial charge in [-0.2, -0.15) is 0 Å². The highest BCUT2D eigenvalue weighted by Crippen LogP contribution is 2.54. The van der Waals surface area contributed by atoms with E-state index in [4.69, 9.17) is 0 Å². The van der Waals surface area contributed by atoms with Gasteiger partial charge in [-0.1, -0.05) is 120 Å². The summed E-state index contributed by atoms with van der Waals surface area (Å²) < 4.78 is 0. The monoisotopic (exact) mass is 559 g/mol. The highest BCUT2D eigenvalue weighted by atomic mass is 14.9. The largest absolute Gasteiger partial charge is 0.356 e. The molecule has 0 radical (unpaired) electrons. The standard InChI is InChI=1S/C42H41N/c1-41(2)36-15-9-8-13-33(36)34-23-19-29(25-38(34)41)32-14-10-16-37-40(32)35-24-22-31(26-39(35)42(37,3)4)43-30-20-17-28(18-21-30)27-11-6-5-7-12-27/h8-10,13-27,43H,5-7,11-12H2,1-4H3. The number of hydrogen-bond donors (Lipinski definition) is 1. The molecule has 0 aliphatic heterocycles. The molecule has 0 atom stereocenters. The zero-order valence-corrected chi connectivity index (χ0v) is 25.9. The molecule has 1 heteroatoms. The molecule has 1 N–H and O–H groups in total. The van der Waals surface area contributed by atoms with Crippen molar-refractivity contribution in [1.29, 1.82) is 0 Å². The smallest absolute Gasteiger partial charge is 0.0387 e. The summed E-state index contributed by atoms with van der Waals surface area (Å²) in [4.78, 5) is 0. The molecule has 214 valence electrons. The first-order valence-corrected chi connectivity index (χ1v) is 16.2. The molecule has 43 heavy (non-hydrogen) atoms. The summed E-state index contributed by atoms with van der Waals surface area (Å²) in [7, 11) is 0. The SMILES string of the molecule is CC1(C)c2ccccc2-c2ccc(-c3cccc4c3-c3ccc(Nc5ccc(C6CCCCC6)cc5)cc3C4(C)C)cc21. The zero-order valence-electron chi connectivity index (χ0n) is 25.9. The lowest BCUT2D eigenvalue weighted by Gasteiger charge is -2.23. The van der Waals surface area contributed by atoms with E-state index in [-0.39, 0.29) is 10.8 Å². The Morgan fingerprint density at radius 3 is 1.95 bits per heavy atom. The van der Waals surface area contributed by atoms with Crippen LogP contribution in [0.15, 0.2) is 103 Å². The predicted molar refractivity (Wildman–Crippen MR) is 183 cm³/mol. The van der Waals surface area contributed by atoms with E-state index < -0.39 is 0 Å². The Morgan fingerprint density at radius 1 is 0.512 bits per heavy atom. The number of benzene rings is 5. The summed E-state index contributed by atoms with van der Waals surface area (Å²) in [6, 6.07) is 39.2. The minimum absolute atomic E-state index is 0.00769. The van der Waals surface area contributed by atoms with Gasteiger partial charge < -0.3 is 5.32 Å². The van der Waals surface area contributed by atoms with E-state index >= 15 is 0 Å². The van der Waals surface area contributed by atoms with E-state index in [0.29, 0.717) is 0 Å². The molecule has 1 fully saturated rings. The average Bonchev–Trinajstić information content (AvgIpc) is 3.41. The molecule has 0 spiro atoms. The molecule has 0 bridgehead atoms. The third-order valence-electron chi connectivity index (χ3n) is 10.9. The van der Waals surface area contributed by atoms with Gasteiger partial charge in [0.1, 0.15) is 0 Å². The summed E-state index contributed by atoms with van der Waals surface area (Å²) in [5, 5.41) is 3.72. The Labute approximate surface area is 257 Å². The fourth-order valence-corrected chi connectivity index (χ4v) is 8.42. The van der Waals surface area contributed by atoms with Crippen LogP contribution in [0.25, 0.3) is 33.4 Å². The van der Waals surface area contributed by atoms with Crippen molar-refractivity contribution in [1.82, 2.24) is 0 Å². The second-order valence-corrected chi connectivity index (χ2v) is 14.1. The molecule has 5 aromatic carbocycles. The van der Waals surface area contributed by atoms with Gasteiger partial charge in [-0.15, -0.1) is 0 Å². The summed E-state index contributed by atoms with van der Waals surface area (Å²) in [6.45, 7) is 9.50. The van der Waals surface area contributed by atoms with Crippen molar-refractivity contribution in [3.8, 4) is 33.4 Å². The molecule has 1 nitrogen and oxygen atoms in total. The van der Waals surface area contributed by atoms with Crippen LogP contribution >= 0.6 is 0 Å². The zero-order chi connectivity index (χ0) is 29.3. The lowest BCUT2D eigenvalue weighted by molar-refractivity contribution is 0.443. The van der Waals surface area contributed by atoms with Crippen molar-refractivity contribution in [3.05, 3.63) is 131 Å². The fourth-order valence-electron chi connectivity index (χ4n) is 8.42.